The summed E-state index contributed by atoms with van der Waals surface area (Å²) in [6.07, 6.45) is 47.3. The van der Waals surface area contributed by atoms with Crippen molar-refractivity contribution in [3.63, 3.8) is 0 Å². The summed E-state index contributed by atoms with van der Waals surface area (Å²) in [6.45, 7) is 7.46. The van der Waals surface area contributed by atoms with Crippen molar-refractivity contribution in [2.45, 2.75) is 252 Å². The van der Waals surface area contributed by atoms with Gasteiger partial charge in [-0.25, -0.2) is 0 Å². The van der Waals surface area contributed by atoms with E-state index in [2.05, 4.69) is 20.8 Å². The summed E-state index contributed by atoms with van der Waals surface area (Å²) < 4.78 is 0. The number of rotatable bonds is 36. The van der Waals surface area contributed by atoms with Gasteiger partial charge in [0.15, 0.2) is 0 Å². The normalized spacial score (nSPS) is 10.7. The highest BCUT2D eigenvalue weighted by Gasteiger charge is 1.96. The maximum atomic E-state index is 10.0. The Balaban J connectivity index is -0.000000631. The molecule has 0 spiro atoms. The average Bonchev–Trinajstić information content (AvgIpc) is 3.05. The fourth-order valence-corrected chi connectivity index (χ4v) is 5.85. The first-order valence-electron chi connectivity index (χ1n) is 21.0. The average molecular weight is 657 g/mol. The van der Waals surface area contributed by atoms with Crippen molar-refractivity contribution in [1.82, 2.24) is 0 Å². The Bertz CT molecular complexity index is 466. The van der Waals surface area contributed by atoms with Crippen LogP contribution in [0, 0.1) is 0 Å². The second-order valence-corrected chi connectivity index (χ2v) is 13.9. The van der Waals surface area contributed by atoms with Crippen LogP contribution in [-0.2, 0) is 4.79 Å². The molecule has 4 heteroatoms. The molecule has 0 saturated carbocycles. The Kier molecular flexibility index (Phi) is 55.4. The Hall–Kier alpha value is -0.610. The second kappa shape index (κ2) is 51.2. The first kappa shape index (κ1) is 49.8. The van der Waals surface area contributed by atoms with Gasteiger partial charge in [-0.05, 0) is 19.3 Å². The molecule has 0 aromatic rings. The lowest BCUT2D eigenvalue weighted by atomic mass is 10.0. The summed E-state index contributed by atoms with van der Waals surface area (Å²) >= 11 is 0. The van der Waals surface area contributed by atoms with Gasteiger partial charge in [-0.2, -0.15) is 0 Å². The molecule has 0 aliphatic heterocycles. The highest BCUT2D eigenvalue weighted by molar-refractivity contribution is 5.66. The molecule has 0 amide bonds. The molecule has 0 atom stereocenters. The first-order valence-corrected chi connectivity index (χ1v) is 21.0. The molecule has 0 aromatic carbocycles. The largest absolute Gasteiger partial charge is 0.481 e. The van der Waals surface area contributed by atoms with E-state index in [4.69, 9.17) is 15.3 Å². The van der Waals surface area contributed by atoms with Gasteiger partial charge in [0.25, 0.3) is 0 Å². The highest BCUT2D eigenvalue weighted by atomic mass is 16.4. The van der Waals surface area contributed by atoms with Gasteiger partial charge in [0.1, 0.15) is 0 Å². The van der Waals surface area contributed by atoms with E-state index in [0.717, 1.165) is 25.7 Å². The van der Waals surface area contributed by atoms with Gasteiger partial charge in [-0.15, -0.1) is 0 Å². The zero-order chi connectivity index (χ0) is 34.4. The van der Waals surface area contributed by atoms with Crippen molar-refractivity contribution in [3.05, 3.63) is 0 Å². The number of aliphatic hydroxyl groups excluding tert-OH is 2. The molecule has 0 unspecified atom stereocenters. The van der Waals surface area contributed by atoms with Crippen LogP contribution in [0.15, 0.2) is 0 Å². The maximum Gasteiger partial charge on any atom is 0.303 e. The van der Waals surface area contributed by atoms with Crippen LogP contribution in [-0.4, -0.2) is 34.5 Å². The summed E-state index contributed by atoms with van der Waals surface area (Å²) in [5.74, 6) is -0.670. The molecule has 0 heterocycles. The molecule has 0 bridgehead atoms. The molecule has 0 fully saturated rings. The van der Waals surface area contributed by atoms with Crippen LogP contribution in [0.2, 0.25) is 0 Å². The molecule has 0 aliphatic rings. The van der Waals surface area contributed by atoms with Crippen LogP contribution in [0.1, 0.15) is 252 Å². The number of carboxylic acids is 1. The van der Waals surface area contributed by atoms with Gasteiger partial charge in [0.2, 0.25) is 0 Å². The first-order chi connectivity index (χ1) is 22.6. The second-order valence-electron chi connectivity index (χ2n) is 13.9. The zero-order valence-electron chi connectivity index (χ0n) is 32.1. The van der Waals surface area contributed by atoms with Gasteiger partial charge in [0.05, 0.1) is 0 Å². The smallest absolute Gasteiger partial charge is 0.303 e. The number of aliphatic carboxylic acids is 1. The van der Waals surface area contributed by atoms with Crippen molar-refractivity contribution in [3.8, 4) is 0 Å². The van der Waals surface area contributed by atoms with Gasteiger partial charge >= 0.3 is 5.97 Å². The van der Waals surface area contributed by atoms with Crippen LogP contribution in [0.4, 0.5) is 0 Å². The Morgan fingerprint density at radius 1 is 0.304 bits per heavy atom. The minimum absolute atomic E-state index is 0.337. The van der Waals surface area contributed by atoms with E-state index in [1.165, 1.54) is 199 Å². The summed E-state index contributed by atoms with van der Waals surface area (Å²) in [4.78, 5) is 10.0. The highest BCUT2D eigenvalue weighted by Crippen LogP contribution is 2.14. The summed E-state index contributed by atoms with van der Waals surface area (Å²) in [5, 5.41) is 25.6. The van der Waals surface area contributed by atoms with E-state index in [1.54, 1.807) is 0 Å². The van der Waals surface area contributed by atoms with Crippen molar-refractivity contribution in [2.24, 2.45) is 0 Å². The Morgan fingerprint density at radius 3 is 0.652 bits per heavy atom. The van der Waals surface area contributed by atoms with Crippen molar-refractivity contribution >= 4 is 5.97 Å². The third-order valence-corrected chi connectivity index (χ3v) is 9.02. The summed E-state index contributed by atoms with van der Waals surface area (Å²) in [6, 6.07) is 0. The van der Waals surface area contributed by atoms with Crippen LogP contribution >= 0.6 is 0 Å². The third-order valence-electron chi connectivity index (χ3n) is 9.02. The third kappa shape index (κ3) is 58.9. The zero-order valence-corrected chi connectivity index (χ0v) is 32.1. The number of carbonyl (C=O) groups is 1. The van der Waals surface area contributed by atoms with E-state index >= 15 is 0 Å². The minimum atomic E-state index is -0.670. The van der Waals surface area contributed by atoms with E-state index in [0.29, 0.717) is 19.6 Å². The predicted molar refractivity (Wildman–Crippen MR) is 205 cm³/mol. The standard InChI is InChI=1S/C18H38O.C16H34O.C8H16O2/c1-2-3-4-5-6-7-8-9-10-11-12-13-14-15-16-17-18-19;1-2-3-4-5-6-7-8-9-10-11-12-13-14-15-16-17;1-2-3-4-5-6-7-8(9)10/h19H,2-18H2,1H3;17H,2-16H2,1H3;2-7H2,1H3,(H,9,10). The van der Waals surface area contributed by atoms with E-state index < -0.39 is 5.97 Å². The Morgan fingerprint density at radius 2 is 0.478 bits per heavy atom. The van der Waals surface area contributed by atoms with Gasteiger partial charge in [0, 0.05) is 19.6 Å². The topological polar surface area (TPSA) is 77.8 Å². The number of hydrogen-bond donors (Lipinski definition) is 3. The van der Waals surface area contributed by atoms with Crippen LogP contribution in [0.3, 0.4) is 0 Å². The molecule has 3 N–H and O–H groups in total. The van der Waals surface area contributed by atoms with Crippen LogP contribution in [0.25, 0.3) is 0 Å². The molecular weight excluding hydrogens is 568 g/mol. The van der Waals surface area contributed by atoms with E-state index in [1.807, 2.05) is 0 Å². The maximum absolute atomic E-state index is 10.0. The number of carboxylic acid groups (broad SMARTS) is 1. The molecule has 0 rings (SSSR count). The quantitative estimate of drug-likeness (QED) is 0.0586. The SMILES string of the molecule is CCCCCCCC(=O)O.CCCCCCCCCCCCCCCCCCO.CCCCCCCCCCCCCCCCO. The van der Waals surface area contributed by atoms with E-state index in [9.17, 15) is 4.79 Å². The molecule has 0 radical (unpaired) electrons. The fourth-order valence-electron chi connectivity index (χ4n) is 5.85. The lowest BCUT2D eigenvalue weighted by molar-refractivity contribution is -0.137. The minimum Gasteiger partial charge on any atom is -0.481 e. The molecular formula is C42H88O4. The van der Waals surface area contributed by atoms with Gasteiger partial charge in [-0.3, -0.25) is 4.79 Å². The predicted octanol–water partition coefficient (Wildman–Crippen LogP) is 14.1. The molecule has 0 aliphatic carbocycles. The van der Waals surface area contributed by atoms with Crippen LogP contribution < -0.4 is 0 Å². The summed E-state index contributed by atoms with van der Waals surface area (Å²) in [7, 11) is 0. The molecule has 4 nitrogen and oxygen atoms in total. The molecule has 0 aromatic heterocycles. The van der Waals surface area contributed by atoms with Gasteiger partial charge in [-0.1, -0.05) is 226 Å². The van der Waals surface area contributed by atoms with Crippen LogP contribution in [0.5, 0.6) is 0 Å². The molecule has 46 heavy (non-hydrogen) atoms. The van der Waals surface area contributed by atoms with Gasteiger partial charge < -0.3 is 15.3 Å². The number of hydrogen-bond acceptors (Lipinski definition) is 3. The Labute approximate surface area is 290 Å². The number of unbranched alkanes of at least 4 members (excludes halogenated alkanes) is 32. The summed E-state index contributed by atoms with van der Waals surface area (Å²) in [5.41, 5.74) is 0. The van der Waals surface area contributed by atoms with Crippen molar-refractivity contribution in [2.75, 3.05) is 13.2 Å². The lowest BCUT2D eigenvalue weighted by Crippen LogP contribution is -1.93. The van der Waals surface area contributed by atoms with Crippen molar-refractivity contribution < 1.29 is 20.1 Å². The number of aliphatic hydroxyl groups is 2. The molecule has 0 saturated heterocycles. The lowest BCUT2D eigenvalue weighted by Gasteiger charge is -2.03. The van der Waals surface area contributed by atoms with Crippen molar-refractivity contribution in [1.29, 1.82) is 0 Å². The van der Waals surface area contributed by atoms with E-state index in [-0.39, 0.29) is 0 Å². The monoisotopic (exact) mass is 657 g/mol. The molecule has 280 valence electrons. The fraction of sp³-hybridized carbons (Fsp3) is 0.976.